The van der Waals surface area contributed by atoms with Crippen LogP contribution >= 0.6 is 0 Å². The quantitative estimate of drug-likeness (QED) is 0.564. The lowest BCUT2D eigenvalue weighted by atomic mass is 10.0. The molecule has 6 heteroatoms. The van der Waals surface area contributed by atoms with Crippen LogP contribution in [0, 0.1) is 0 Å². The van der Waals surface area contributed by atoms with Crippen LogP contribution in [0.4, 0.5) is 5.69 Å². The molecule has 2 aromatic carbocycles. The Morgan fingerprint density at radius 1 is 1.16 bits per heavy atom. The van der Waals surface area contributed by atoms with Crippen LogP contribution in [0.3, 0.4) is 0 Å². The van der Waals surface area contributed by atoms with Gasteiger partial charge in [-0.3, -0.25) is 9.59 Å². The molecule has 6 nitrogen and oxygen atoms in total. The van der Waals surface area contributed by atoms with Crippen molar-refractivity contribution in [2.45, 2.75) is 6.92 Å². The van der Waals surface area contributed by atoms with Gasteiger partial charge in [0, 0.05) is 29.1 Å². The standard InChI is InChI=1S/C19H16N2O4/c1-11(23)20-13-8-14(19(24)25-2)17-15(10-22)18(21-16(17)9-13)12-6-4-3-5-7-12/h3-10,21H,1-2H3,(H,20,23). The summed E-state index contributed by atoms with van der Waals surface area (Å²) in [6.07, 6.45) is 0.714. The number of amides is 1. The Balaban J connectivity index is 2.33. The Hall–Kier alpha value is -3.41. The number of hydrogen-bond acceptors (Lipinski definition) is 4. The van der Waals surface area contributed by atoms with Gasteiger partial charge in [-0.25, -0.2) is 4.79 Å². The lowest BCUT2D eigenvalue weighted by Crippen LogP contribution is -2.08. The third-order valence-electron chi connectivity index (χ3n) is 3.84. The van der Waals surface area contributed by atoms with E-state index in [1.807, 2.05) is 30.3 Å². The number of ether oxygens (including phenoxy) is 1. The van der Waals surface area contributed by atoms with Crippen LogP contribution in [-0.2, 0) is 9.53 Å². The summed E-state index contributed by atoms with van der Waals surface area (Å²) in [6.45, 7) is 1.38. The Morgan fingerprint density at radius 3 is 2.48 bits per heavy atom. The Morgan fingerprint density at radius 2 is 1.88 bits per heavy atom. The molecule has 0 aliphatic heterocycles. The molecule has 2 N–H and O–H groups in total. The highest BCUT2D eigenvalue weighted by molar-refractivity contribution is 6.15. The lowest BCUT2D eigenvalue weighted by molar-refractivity contribution is -0.114. The third kappa shape index (κ3) is 3.01. The maximum Gasteiger partial charge on any atom is 0.338 e. The number of nitrogens with one attached hydrogen (secondary N) is 2. The molecule has 126 valence electrons. The second-order valence-corrected chi connectivity index (χ2v) is 5.52. The second kappa shape index (κ2) is 6.60. The fourth-order valence-electron chi connectivity index (χ4n) is 2.85. The van der Waals surface area contributed by atoms with Crippen LogP contribution < -0.4 is 5.32 Å². The predicted octanol–water partition coefficient (Wildman–Crippen LogP) is 3.39. The normalized spacial score (nSPS) is 10.5. The van der Waals surface area contributed by atoms with Crippen molar-refractivity contribution in [3.63, 3.8) is 0 Å². The largest absolute Gasteiger partial charge is 0.465 e. The first kappa shape index (κ1) is 16.4. The van der Waals surface area contributed by atoms with E-state index in [1.165, 1.54) is 20.1 Å². The van der Waals surface area contributed by atoms with Crippen molar-refractivity contribution in [1.82, 2.24) is 4.98 Å². The van der Waals surface area contributed by atoms with E-state index in [0.717, 1.165) is 5.56 Å². The van der Waals surface area contributed by atoms with Gasteiger partial charge in [-0.15, -0.1) is 0 Å². The van der Waals surface area contributed by atoms with Crippen LogP contribution in [0.15, 0.2) is 42.5 Å². The van der Waals surface area contributed by atoms with Gasteiger partial charge in [-0.05, 0) is 17.7 Å². The molecule has 1 amide bonds. The molecule has 0 radical (unpaired) electrons. The third-order valence-corrected chi connectivity index (χ3v) is 3.84. The van der Waals surface area contributed by atoms with Crippen LogP contribution in [0.5, 0.6) is 0 Å². The van der Waals surface area contributed by atoms with Crippen molar-refractivity contribution < 1.29 is 19.1 Å². The van der Waals surface area contributed by atoms with Gasteiger partial charge < -0.3 is 15.0 Å². The van der Waals surface area contributed by atoms with E-state index in [2.05, 4.69) is 10.3 Å². The minimum absolute atomic E-state index is 0.212. The average molecular weight is 336 g/mol. The maximum absolute atomic E-state index is 12.2. The van der Waals surface area contributed by atoms with Crippen molar-refractivity contribution >= 4 is 34.8 Å². The van der Waals surface area contributed by atoms with E-state index in [0.29, 0.717) is 34.1 Å². The number of benzene rings is 2. The van der Waals surface area contributed by atoms with Crippen LogP contribution in [0.1, 0.15) is 27.6 Å². The number of anilines is 1. The van der Waals surface area contributed by atoms with Gasteiger partial charge in [-0.1, -0.05) is 30.3 Å². The number of aromatic amines is 1. The summed E-state index contributed by atoms with van der Waals surface area (Å²) >= 11 is 0. The number of esters is 1. The monoisotopic (exact) mass is 336 g/mol. The average Bonchev–Trinajstić information content (AvgIpc) is 2.99. The van der Waals surface area contributed by atoms with Crippen LogP contribution in [0.25, 0.3) is 22.2 Å². The van der Waals surface area contributed by atoms with Gasteiger partial charge in [0.2, 0.25) is 5.91 Å². The maximum atomic E-state index is 12.2. The fourth-order valence-corrected chi connectivity index (χ4v) is 2.85. The molecule has 0 atom stereocenters. The number of carbonyl (C=O) groups excluding carboxylic acids is 3. The summed E-state index contributed by atoms with van der Waals surface area (Å²) in [7, 11) is 1.27. The van der Waals surface area contributed by atoms with Gasteiger partial charge in [0.25, 0.3) is 0 Å². The van der Waals surface area contributed by atoms with E-state index in [9.17, 15) is 14.4 Å². The van der Waals surface area contributed by atoms with Gasteiger partial charge in [0.05, 0.1) is 18.4 Å². The molecule has 3 rings (SSSR count). The highest BCUT2D eigenvalue weighted by Gasteiger charge is 2.21. The first-order chi connectivity index (χ1) is 12.0. The molecule has 0 unspecified atom stereocenters. The zero-order valence-corrected chi connectivity index (χ0v) is 13.8. The zero-order chi connectivity index (χ0) is 18.0. The zero-order valence-electron chi connectivity index (χ0n) is 13.8. The first-order valence-electron chi connectivity index (χ1n) is 7.61. The minimum atomic E-state index is -0.584. The summed E-state index contributed by atoms with van der Waals surface area (Å²) in [6, 6.07) is 12.5. The molecule has 0 saturated heterocycles. The number of carbonyl (C=O) groups is 3. The van der Waals surface area contributed by atoms with Gasteiger partial charge in [0.15, 0.2) is 6.29 Å². The van der Waals surface area contributed by atoms with Crippen LogP contribution in [-0.4, -0.2) is 30.3 Å². The summed E-state index contributed by atoms with van der Waals surface area (Å²) in [4.78, 5) is 38.5. The summed E-state index contributed by atoms with van der Waals surface area (Å²) < 4.78 is 4.84. The topological polar surface area (TPSA) is 88.3 Å². The number of fused-ring (bicyclic) bond motifs is 1. The summed E-state index contributed by atoms with van der Waals surface area (Å²) in [5, 5.41) is 3.12. The number of rotatable bonds is 4. The molecular weight excluding hydrogens is 320 g/mol. The minimum Gasteiger partial charge on any atom is -0.465 e. The molecule has 0 aliphatic carbocycles. The van der Waals surface area contributed by atoms with E-state index in [1.54, 1.807) is 6.07 Å². The lowest BCUT2D eigenvalue weighted by Gasteiger charge is -2.07. The summed E-state index contributed by atoms with van der Waals surface area (Å²) in [5.74, 6) is -0.848. The number of aromatic nitrogens is 1. The number of aldehydes is 1. The molecule has 0 fully saturated rings. The van der Waals surface area contributed by atoms with E-state index < -0.39 is 5.97 Å². The molecular formula is C19H16N2O4. The Labute approximate surface area is 143 Å². The van der Waals surface area contributed by atoms with E-state index in [-0.39, 0.29) is 11.5 Å². The molecule has 0 saturated carbocycles. The number of methoxy groups -OCH3 is 1. The SMILES string of the molecule is COC(=O)c1cc(NC(C)=O)cc2[nH]c(-c3ccccc3)c(C=O)c12. The van der Waals surface area contributed by atoms with Gasteiger partial charge in [0.1, 0.15) is 0 Å². The number of hydrogen-bond donors (Lipinski definition) is 2. The molecule has 0 aliphatic rings. The molecule has 1 aromatic heterocycles. The van der Waals surface area contributed by atoms with Gasteiger partial charge in [-0.2, -0.15) is 0 Å². The predicted molar refractivity (Wildman–Crippen MR) is 94.8 cm³/mol. The Kier molecular flexibility index (Phi) is 4.35. The van der Waals surface area contributed by atoms with Crippen molar-refractivity contribution in [2.24, 2.45) is 0 Å². The van der Waals surface area contributed by atoms with E-state index in [4.69, 9.17) is 4.74 Å². The van der Waals surface area contributed by atoms with Gasteiger partial charge >= 0.3 is 5.97 Å². The Bertz CT molecular complexity index is 974. The van der Waals surface area contributed by atoms with Crippen molar-refractivity contribution in [2.75, 3.05) is 12.4 Å². The van der Waals surface area contributed by atoms with E-state index >= 15 is 0 Å². The second-order valence-electron chi connectivity index (χ2n) is 5.52. The smallest absolute Gasteiger partial charge is 0.338 e. The molecule has 3 aromatic rings. The van der Waals surface area contributed by atoms with Crippen LogP contribution in [0.2, 0.25) is 0 Å². The fraction of sp³-hybridized carbons (Fsp3) is 0.105. The first-order valence-corrected chi connectivity index (χ1v) is 7.61. The summed E-state index contributed by atoms with van der Waals surface area (Å²) in [5.41, 5.74) is 3.01. The highest BCUT2D eigenvalue weighted by Crippen LogP contribution is 2.33. The number of H-pyrrole nitrogens is 1. The molecule has 0 bridgehead atoms. The van der Waals surface area contributed by atoms with Crippen molar-refractivity contribution in [1.29, 1.82) is 0 Å². The highest BCUT2D eigenvalue weighted by atomic mass is 16.5. The van der Waals surface area contributed by atoms with Crippen molar-refractivity contribution in [3.8, 4) is 11.3 Å². The molecule has 1 heterocycles. The molecule has 0 spiro atoms. The van der Waals surface area contributed by atoms with Crippen molar-refractivity contribution in [3.05, 3.63) is 53.6 Å². The molecule has 25 heavy (non-hydrogen) atoms.